The number of carbonyl (C=O) groups is 1. The number of hydrogen-bond acceptors (Lipinski definition) is 1. The lowest BCUT2D eigenvalue weighted by Crippen LogP contribution is -1.98. The van der Waals surface area contributed by atoms with Gasteiger partial charge >= 0.3 is 0 Å². The summed E-state index contributed by atoms with van der Waals surface area (Å²) in [6.07, 6.45) is 6.04. The minimum absolute atomic E-state index is 0.206. The minimum Gasteiger partial charge on any atom is -0.289 e. The van der Waals surface area contributed by atoms with Crippen LogP contribution in [0.1, 0.15) is 26.7 Å². The van der Waals surface area contributed by atoms with Gasteiger partial charge in [0.2, 0.25) is 0 Å². The zero-order valence-electron chi connectivity index (χ0n) is 6.48. The van der Waals surface area contributed by atoms with Crippen LogP contribution in [-0.2, 0) is 4.79 Å². The van der Waals surface area contributed by atoms with Crippen LogP contribution in [0.3, 0.4) is 0 Å². The summed E-state index contributed by atoms with van der Waals surface area (Å²) in [6.45, 7) is 3.76. The summed E-state index contributed by atoms with van der Waals surface area (Å²) in [5, 5.41) is 0. The molecular formula is C9H12O. The van der Waals surface area contributed by atoms with E-state index in [-0.39, 0.29) is 5.78 Å². The van der Waals surface area contributed by atoms with Crippen LogP contribution in [0.2, 0.25) is 0 Å². The molecule has 0 N–H and O–H groups in total. The van der Waals surface area contributed by atoms with Gasteiger partial charge in [0.05, 0.1) is 0 Å². The van der Waals surface area contributed by atoms with Gasteiger partial charge in [-0.15, -0.1) is 0 Å². The van der Waals surface area contributed by atoms with Gasteiger partial charge in [0.1, 0.15) is 0 Å². The van der Waals surface area contributed by atoms with Gasteiger partial charge in [-0.25, -0.2) is 0 Å². The summed E-state index contributed by atoms with van der Waals surface area (Å²) in [5.74, 6) is 0.206. The average molecular weight is 136 g/mol. The Hall–Kier alpha value is -0.850. The van der Waals surface area contributed by atoms with Crippen molar-refractivity contribution in [2.24, 2.45) is 0 Å². The van der Waals surface area contributed by atoms with Gasteiger partial charge in [-0.05, 0) is 37.8 Å². The van der Waals surface area contributed by atoms with E-state index in [1.165, 1.54) is 0 Å². The maximum atomic E-state index is 11.2. The number of rotatable bonds is 0. The Morgan fingerprint density at radius 2 is 1.50 bits per heavy atom. The number of Topliss-reactive ketones (excluding diaryl/α,β-unsaturated/α-hetero) is 1. The van der Waals surface area contributed by atoms with Crippen LogP contribution in [0.25, 0.3) is 0 Å². The molecule has 0 aromatic rings. The third-order valence-corrected chi connectivity index (χ3v) is 1.78. The van der Waals surface area contributed by atoms with E-state index >= 15 is 0 Å². The van der Waals surface area contributed by atoms with Crippen LogP contribution in [0.5, 0.6) is 0 Å². The van der Waals surface area contributed by atoms with Crippen molar-refractivity contribution in [3.8, 4) is 0 Å². The van der Waals surface area contributed by atoms with Gasteiger partial charge in [0.15, 0.2) is 5.78 Å². The Kier molecular flexibility index (Phi) is 2.05. The summed E-state index contributed by atoms with van der Waals surface area (Å²) < 4.78 is 0. The van der Waals surface area contributed by atoms with E-state index in [1.54, 1.807) is 0 Å². The molecule has 10 heavy (non-hydrogen) atoms. The molecule has 0 fully saturated rings. The van der Waals surface area contributed by atoms with E-state index in [2.05, 4.69) is 0 Å². The number of ketones is 1. The lowest BCUT2D eigenvalue weighted by molar-refractivity contribution is -0.112. The van der Waals surface area contributed by atoms with Crippen molar-refractivity contribution in [2.75, 3.05) is 0 Å². The van der Waals surface area contributed by atoms with Gasteiger partial charge < -0.3 is 0 Å². The molecule has 54 valence electrons. The van der Waals surface area contributed by atoms with Gasteiger partial charge in [0.25, 0.3) is 0 Å². The van der Waals surface area contributed by atoms with E-state index in [0.29, 0.717) is 0 Å². The molecule has 0 spiro atoms. The standard InChI is InChI=1S/C9H12O/c1-7-5-3-4-6-8(2)9(7)10/h5-6H,3-4H2,1-2H3. The third-order valence-electron chi connectivity index (χ3n) is 1.78. The predicted molar refractivity (Wildman–Crippen MR) is 41.8 cm³/mol. The number of hydrogen-bond donors (Lipinski definition) is 0. The quantitative estimate of drug-likeness (QED) is 0.499. The van der Waals surface area contributed by atoms with Gasteiger partial charge in [-0.2, -0.15) is 0 Å². The van der Waals surface area contributed by atoms with Gasteiger partial charge in [-0.3, -0.25) is 4.79 Å². The Labute approximate surface area is 61.4 Å². The molecule has 1 rings (SSSR count). The van der Waals surface area contributed by atoms with Crippen LogP contribution in [0.15, 0.2) is 23.3 Å². The van der Waals surface area contributed by atoms with Crippen molar-refractivity contribution in [2.45, 2.75) is 26.7 Å². The SMILES string of the molecule is CC1=CCCC=C(C)C1=O. The maximum Gasteiger partial charge on any atom is 0.183 e. The smallest absolute Gasteiger partial charge is 0.183 e. The van der Waals surface area contributed by atoms with E-state index in [9.17, 15) is 4.79 Å². The van der Waals surface area contributed by atoms with Crippen molar-refractivity contribution in [1.82, 2.24) is 0 Å². The summed E-state index contributed by atoms with van der Waals surface area (Å²) in [4.78, 5) is 11.2. The molecular weight excluding hydrogens is 124 g/mol. The second kappa shape index (κ2) is 2.82. The molecule has 1 nitrogen and oxygen atoms in total. The Morgan fingerprint density at radius 3 is 1.90 bits per heavy atom. The fourth-order valence-corrected chi connectivity index (χ4v) is 1.10. The molecule has 1 aliphatic rings. The Bertz CT molecular complexity index is 187. The Morgan fingerprint density at radius 1 is 1.10 bits per heavy atom. The first kappa shape index (κ1) is 7.26. The minimum atomic E-state index is 0.206. The van der Waals surface area contributed by atoms with Crippen molar-refractivity contribution in [3.05, 3.63) is 23.3 Å². The zero-order valence-corrected chi connectivity index (χ0v) is 6.48. The molecule has 0 amide bonds. The van der Waals surface area contributed by atoms with Crippen molar-refractivity contribution < 1.29 is 4.79 Å². The highest BCUT2D eigenvalue weighted by atomic mass is 16.1. The molecule has 0 aromatic heterocycles. The number of allylic oxidation sites excluding steroid dienone is 4. The molecule has 0 aliphatic heterocycles. The second-order valence-corrected chi connectivity index (χ2v) is 2.68. The molecule has 0 saturated carbocycles. The molecule has 1 aliphatic carbocycles. The summed E-state index contributed by atoms with van der Waals surface area (Å²) in [5.41, 5.74) is 1.79. The van der Waals surface area contributed by atoms with E-state index in [1.807, 2.05) is 26.0 Å². The first-order valence-corrected chi connectivity index (χ1v) is 3.60. The van der Waals surface area contributed by atoms with Crippen LogP contribution in [-0.4, -0.2) is 5.78 Å². The summed E-state index contributed by atoms with van der Waals surface area (Å²) >= 11 is 0. The lowest BCUT2D eigenvalue weighted by Gasteiger charge is -1.95. The van der Waals surface area contributed by atoms with Gasteiger partial charge in [0, 0.05) is 0 Å². The molecule has 0 aromatic carbocycles. The fraction of sp³-hybridized carbons (Fsp3) is 0.444. The molecule has 1 heteroatoms. The third kappa shape index (κ3) is 1.35. The highest BCUT2D eigenvalue weighted by Gasteiger charge is 2.07. The molecule has 0 saturated heterocycles. The van der Waals surface area contributed by atoms with Crippen LogP contribution in [0.4, 0.5) is 0 Å². The van der Waals surface area contributed by atoms with E-state index in [4.69, 9.17) is 0 Å². The number of carbonyl (C=O) groups excluding carboxylic acids is 1. The summed E-state index contributed by atoms with van der Waals surface area (Å²) in [7, 11) is 0. The molecule has 0 unspecified atom stereocenters. The van der Waals surface area contributed by atoms with Crippen molar-refractivity contribution >= 4 is 5.78 Å². The maximum absolute atomic E-state index is 11.2. The van der Waals surface area contributed by atoms with Gasteiger partial charge in [-0.1, -0.05) is 12.2 Å². The van der Waals surface area contributed by atoms with E-state index in [0.717, 1.165) is 24.0 Å². The molecule has 0 bridgehead atoms. The molecule has 0 radical (unpaired) electrons. The predicted octanol–water partition coefficient (Wildman–Crippen LogP) is 2.24. The summed E-state index contributed by atoms with van der Waals surface area (Å²) in [6, 6.07) is 0. The largest absolute Gasteiger partial charge is 0.289 e. The lowest BCUT2D eigenvalue weighted by atomic mass is 10.1. The zero-order chi connectivity index (χ0) is 7.56. The highest BCUT2D eigenvalue weighted by molar-refractivity contribution is 6.07. The monoisotopic (exact) mass is 136 g/mol. The van der Waals surface area contributed by atoms with Crippen LogP contribution in [0, 0.1) is 0 Å². The van der Waals surface area contributed by atoms with Crippen LogP contribution >= 0.6 is 0 Å². The van der Waals surface area contributed by atoms with Crippen LogP contribution < -0.4 is 0 Å². The highest BCUT2D eigenvalue weighted by Crippen LogP contribution is 2.12. The fourth-order valence-electron chi connectivity index (χ4n) is 1.10. The molecule has 0 heterocycles. The average Bonchev–Trinajstić information content (AvgIpc) is 2.04. The van der Waals surface area contributed by atoms with Crippen molar-refractivity contribution in [3.63, 3.8) is 0 Å². The normalized spacial score (nSPS) is 19.6. The van der Waals surface area contributed by atoms with Crippen molar-refractivity contribution in [1.29, 1.82) is 0 Å². The van der Waals surface area contributed by atoms with E-state index < -0.39 is 0 Å². The second-order valence-electron chi connectivity index (χ2n) is 2.68. The first-order valence-electron chi connectivity index (χ1n) is 3.60. The molecule has 0 atom stereocenters. The first-order chi connectivity index (χ1) is 4.72. The Balaban J connectivity index is 2.90. The topological polar surface area (TPSA) is 17.1 Å².